The molecule has 0 heterocycles. The molecule has 0 unspecified atom stereocenters. The lowest BCUT2D eigenvalue weighted by molar-refractivity contribution is -0.497. The Morgan fingerprint density at radius 1 is 1.46 bits per heavy atom. The van der Waals surface area contributed by atoms with Crippen LogP contribution in [0.15, 0.2) is 24.3 Å². The second-order valence-electron chi connectivity index (χ2n) is 2.39. The van der Waals surface area contributed by atoms with Crippen molar-refractivity contribution in [3.63, 3.8) is 0 Å². The summed E-state index contributed by atoms with van der Waals surface area (Å²) in [6, 6.07) is 6.63. The van der Waals surface area contributed by atoms with Gasteiger partial charge in [-0.3, -0.25) is 15.2 Å². The van der Waals surface area contributed by atoms with Crippen molar-refractivity contribution >= 4 is 6.29 Å². The van der Waals surface area contributed by atoms with Gasteiger partial charge in [-0.05, 0) is 11.6 Å². The zero-order valence-corrected chi connectivity index (χ0v) is 6.75. The van der Waals surface area contributed by atoms with Gasteiger partial charge in [-0.15, -0.1) is 0 Å². The van der Waals surface area contributed by atoms with Gasteiger partial charge in [0.15, 0.2) is 0 Å². The third-order valence-corrected chi connectivity index (χ3v) is 1.43. The Bertz CT molecular complexity index is 287. The molecule has 0 fully saturated rings. The summed E-state index contributed by atoms with van der Waals surface area (Å²) in [5, 5.41) is 16.1. The van der Waals surface area contributed by atoms with Crippen molar-refractivity contribution in [3.8, 4) is 0 Å². The van der Waals surface area contributed by atoms with E-state index in [1.165, 1.54) is 0 Å². The second kappa shape index (κ2) is 4.68. The number of benzene rings is 1. The van der Waals surface area contributed by atoms with Gasteiger partial charge in [0.1, 0.15) is 6.29 Å². The number of nitrogens with zero attached hydrogens (tertiary/aromatic N) is 1. The maximum absolute atomic E-state index is 10.3. The van der Waals surface area contributed by atoms with Crippen LogP contribution >= 0.6 is 0 Å². The molecule has 0 saturated carbocycles. The summed E-state index contributed by atoms with van der Waals surface area (Å²) >= 11 is 0. The molecule has 0 spiro atoms. The quantitative estimate of drug-likeness (QED) is 0.538. The highest BCUT2D eigenvalue weighted by Gasteiger charge is 1.97. The Morgan fingerprint density at radius 2 is 2.23 bits per heavy atom. The van der Waals surface area contributed by atoms with Gasteiger partial charge in [-0.1, -0.05) is 18.2 Å². The fraction of sp³-hybridized carbons (Fsp3) is 0.125. The Labute approximate surface area is 74.6 Å². The summed E-state index contributed by atoms with van der Waals surface area (Å²) in [4.78, 5) is 14.7. The average Bonchev–Trinajstić information content (AvgIpc) is 2.15. The van der Waals surface area contributed by atoms with E-state index in [-0.39, 0.29) is 12.0 Å². The Kier molecular flexibility index (Phi) is 3.53. The fourth-order valence-electron chi connectivity index (χ4n) is 0.888. The van der Waals surface area contributed by atoms with E-state index >= 15 is 0 Å². The minimum atomic E-state index is -0.367. The number of hydrogen-bond acceptors (Lipinski definition) is 5. The van der Waals surface area contributed by atoms with Crippen LogP contribution < -0.4 is 0 Å². The summed E-state index contributed by atoms with van der Waals surface area (Å²) in [6.07, 6.45) is 0.707. The first-order chi connectivity index (χ1) is 6.22. The first-order valence-corrected chi connectivity index (χ1v) is 3.57. The lowest BCUT2D eigenvalue weighted by atomic mass is 10.1. The molecule has 0 bridgehead atoms. The van der Waals surface area contributed by atoms with Crippen LogP contribution in [0.4, 0.5) is 0 Å². The van der Waals surface area contributed by atoms with E-state index in [0.717, 1.165) is 0 Å². The van der Waals surface area contributed by atoms with Crippen LogP contribution in [-0.2, 0) is 11.4 Å². The molecule has 70 valence electrons. The van der Waals surface area contributed by atoms with Crippen molar-refractivity contribution in [1.29, 1.82) is 0 Å². The molecule has 5 nitrogen and oxygen atoms in total. The molecular formula is C8H9NO4. The van der Waals surface area contributed by atoms with Crippen LogP contribution in [0.5, 0.6) is 0 Å². The zero-order chi connectivity index (χ0) is 9.68. The van der Waals surface area contributed by atoms with E-state index in [1.54, 1.807) is 24.3 Å². The van der Waals surface area contributed by atoms with Crippen LogP contribution in [-0.4, -0.2) is 22.1 Å². The fourth-order valence-corrected chi connectivity index (χ4v) is 0.888. The number of rotatable bonds is 4. The summed E-state index contributed by atoms with van der Waals surface area (Å²) in [6.45, 7) is -0.00528. The van der Waals surface area contributed by atoms with Crippen molar-refractivity contribution in [1.82, 2.24) is 5.39 Å². The molecule has 1 rings (SSSR count). The highest BCUT2D eigenvalue weighted by atomic mass is 17.1. The first-order valence-electron chi connectivity index (χ1n) is 3.57. The molecule has 1 aromatic rings. The van der Waals surface area contributed by atoms with E-state index in [4.69, 9.17) is 10.4 Å². The van der Waals surface area contributed by atoms with Gasteiger partial charge < -0.3 is 0 Å². The summed E-state index contributed by atoms with van der Waals surface area (Å²) in [5.74, 6) is 0. The molecule has 13 heavy (non-hydrogen) atoms. The zero-order valence-electron chi connectivity index (χ0n) is 6.75. The molecular weight excluding hydrogens is 174 g/mol. The molecule has 0 aliphatic carbocycles. The first kappa shape index (κ1) is 9.82. The number of aldehydes is 1. The monoisotopic (exact) mass is 183 g/mol. The maximum atomic E-state index is 10.3. The van der Waals surface area contributed by atoms with Gasteiger partial charge in [-0.2, -0.15) is 0 Å². The topological polar surface area (TPSA) is 70.0 Å². The SMILES string of the molecule is O=Cc1cccc(CON(O)O)c1. The van der Waals surface area contributed by atoms with Crippen LogP contribution in [0, 0.1) is 0 Å². The third kappa shape index (κ3) is 3.30. The summed E-state index contributed by atoms with van der Waals surface area (Å²) < 4.78 is 0. The van der Waals surface area contributed by atoms with Crippen molar-refractivity contribution in [2.24, 2.45) is 0 Å². The van der Waals surface area contributed by atoms with E-state index < -0.39 is 0 Å². The summed E-state index contributed by atoms with van der Waals surface area (Å²) in [5.41, 5.74) is 1.20. The Hall–Kier alpha value is -1.27. The predicted molar refractivity (Wildman–Crippen MR) is 42.0 cm³/mol. The minimum Gasteiger partial charge on any atom is -0.298 e. The maximum Gasteiger partial charge on any atom is 0.150 e. The van der Waals surface area contributed by atoms with Crippen LogP contribution in [0.25, 0.3) is 0 Å². The molecule has 0 amide bonds. The van der Waals surface area contributed by atoms with Gasteiger partial charge in [-0.25, -0.2) is 4.84 Å². The van der Waals surface area contributed by atoms with E-state index in [9.17, 15) is 4.79 Å². The van der Waals surface area contributed by atoms with Crippen molar-refractivity contribution < 1.29 is 20.0 Å². The second-order valence-corrected chi connectivity index (χ2v) is 2.39. The van der Waals surface area contributed by atoms with Crippen LogP contribution in [0.1, 0.15) is 15.9 Å². The number of hydrogen-bond donors (Lipinski definition) is 2. The minimum absolute atomic E-state index is 0.00528. The number of carbonyl (C=O) groups is 1. The smallest absolute Gasteiger partial charge is 0.150 e. The highest BCUT2D eigenvalue weighted by molar-refractivity contribution is 5.74. The molecule has 1 aromatic carbocycles. The van der Waals surface area contributed by atoms with Gasteiger partial charge in [0.2, 0.25) is 0 Å². The van der Waals surface area contributed by atoms with Crippen LogP contribution in [0.3, 0.4) is 0 Å². The highest BCUT2D eigenvalue weighted by Crippen LogP contribution is 2.04. The van der Waals surface area contributed by atoms with Crippen molar-refractivity contribution in [2.45, 2.75) is 6.61 Å². The molecule has 0 atom stereocenters. The van der Waals surface area contributed by atoms with Gasteiger partial charge in [0, 0.05) is 5.56 Å². The Balaban J connectivity index is 2.61. The average molecular weight is 183 g/mol. The molecule has 0 radical (unpaired) electrons. The van der Waals surface area contributed by atoms with Gasteiger partial charge in [0.05, 0.1) is 12.0 Å². The molecule has 0 aliphatic rings. The molecule has 2 N–H and O–H groups in total. The third-order valence-electron chi connectivity index (χ3n) is 1.43. The van der Waals surface area contributed by atoms with E-state index in [0.29, 0.717) is 17.4 Å². The van der Waals surface area contributed by atoms with Crippen molar-refractivity contribution in [3.05, 3.63) is 35.4 Å². The lowest BCUT2D eigenvalue weighted by Crippen LogP contribution is -2.13. The molecule has 0 saturated heterocycles. The normalized spacial score (nSPS) is 10.4. The molecule has 0 aromatic heterocycles. The molecule has 0 aliphatic heterocycles. The predicted octanol–water partition coefficient (Wildman–Crippen LogP) is 1.01. The van der Waals surface area contributed by atoms with E-state index in [1.807, 2.05) is 0 Å². The standard InChI is InChI=1S/C8H9NO4/c10-5-7-2-1-3-8(4-7)6-13-9(11)12/h1-5,11-12H,6H2. The van der Waals surface area contributed by atoms with E-state index in [2.05, 4.69) is 4.84 Å². The Morgan fingerprint density at radius 3 is 2.85 bits per heavy atom. The largest absolute Gasteiger partial charge is 0.298 e. The van der Waals surface area contributed by atoms with Crippen LogP contribution in [0.2, 0.25) is 0 Å². The summed E-state index contributed by atoms with van der Waals surface area (Å²) in [7, 11) is 0. The molecule has 5 heteroatoms. The lowest BCUT2D eigenvalue weighted by Gasteiger charge is -2.05. The van der Waals surface area contributed by atoms with Gasteiger partial charge in [0.25, 0.3) is 0 Å². The van der Waals surface area contributed by atoms with Crippen molar-refractivity contribution in [2.75, 3.05) is 0 Å². The number of carbonyl (C=O) groups excluding carboxylic acids is 1. The van der Waals surface area contributed by atoms with Gasteiger partial charge >= 0.3 is 0 Å².